The van der Waals surface area contributed by atoms with Gasteiger partial charge in [-0.2, -0.15) is 0 Å². The number of rotatable bonds is 39. The van der Waals surface area contributed by atoms with E-state index in [2.05, 4.69) is 79.1 Å². The van der Waals surface area contributed by atoms with E-state index in [0.717, 1.165) is 89.9 Å². The number of ether oxygens (including phenoxy) is 2. The first-order valence-electron chi connectivity index (χ1n) is 21.3. The first-order valence-corrected chi connectivity index (χ1v) is 22.8. The van der Waals surface area contributed by atoms with E-state index in [0.29, 0.717) is 12.8 Å². The van der Waals surface area contributed by atoms with Crippen molar-refractivity contribution in [3.05, 3.63) is 60.8 Å². The van der Waals surface area contributed by atoms with Crippen LogP contribution in [0.5, 0.6) is 0 Å². The first-order chi connectivity index (χ1) is 27.1. The second kappa shape index (κ2) is 39.0. The van der Waals surface area contributed by atoms with Crippen LogP contribution in [0.2, 0.25) is 0 Å². The molecule has 0 radical (unpaired) electrons. The lowest BCUT2D eigenvalue weighted by Gasteiger charge is -2.20. The highest BCUT2D eigenvalue weighted by Gasteiger charge is 2.28. The quantitative estimate of drug-likeness (QED) is 0.0233. The van der Waals surface area contributed by atoms with Gasteiger partial charge in [-0.1, -0.05) is 139 Å². The molecule has 1 unspecified atom stereocenters. The van der Waals surface area contributed by atoms with Crippen LogP contribution < -0.4 is 5.73 Å². The minimum Gasteiger partial charge on any atom is -0.480 e. The highest BCUT2D eigenvalue weighted by atomic mass is 31.2. The van der Waals surface area contributed by atoms with Crippen LogP contribution in [0.15, 0.2) is 60.8 Å². The molecule has 0 rings (SSSR count). The predicted molar refractivity (Wildman–Crippen MR) is 226 cm³/mol. The molecule has 0 aliphatic heterocycles. The summed E-state index contributed by atoms with van der Waals surface area (Å²) in [5.41, 5.74) is 5.33. The van der Waals surface area contributed by atoms with Crippen LogP contribution in [-0.2, 0) is 37.5 Å². The lowest BCUT2D eigenvalue weighted by atomic mass is 10.1. The maximum atomic E-state index is 12.6. The summed E-state index contributed by atoms with van der Waals surface area (Å²) >= 11 is 0. The number of carboxylic acid groups (broad SMARTS) is 1. The van der Waals surface area contributed by atoms with E-state index in [9.17, 15) is 23.8 Å². The molecule has 56 heavy (non-hydrogen) atoms. The Morgan fingerprint density at radius 3 is 1.50 bits per heavy atom. The Hall–Kier alpha value is -2.82. The predicted octanol–water partition coefficient (Wildman–Crippen LogP) is 11.2. The fraction of sp³-hybridized carbons (Fsp3) is 0.705. The molecule has 3 atom stereocenters. The van der Waals surface area contributed by atoms with Crippen molar-refractivity contribution in [1.82, 2.24) is 0 Å². The Bertz CT molecular complexity index is 1180. The van der Waals surface area contributed by atoms with E-state index in [1.165, 1.54) is 38.5 Å². The van der Waals surface area contributed by atoms with Gasteiger partial charge >= 0.3 is 25.7 Å². The topological polar surface area (TPSA) is 172 Å². The van der Waals surface area contributed by atoms with Crippen molar-refractivity contribution < 1.29 is 47.5 Å². The SMILES string of the molecule is CC/C=C\C/C=C\C/C=C\CCCCCCCC(=O)O[C@H](COC(=O)CCCCCCCCC/C=C\C/C=C\CCCCC)COP(=O)(O)OC[C@H](N)C(=O)O. The molecule has 11 nitrogen and oxygen atoms in total. The summed E-state index contributed by atoms with van der Waals surface area (Å²) in [7, 11) is -4.72. The lowest BCUT2D eigenvalue weighted by Crippen LogP contribution is -2.34. The van der Waals surface area contributed by atoms with Crippen LogP contribution in [0.1, 0.15) is 168 Å². The Balaban J connectivity index is 4.41. The number of hydrogen-bond acceptors (Lipinski definition) is 9. The number of carboxylic acids is 1. The fourth-order valence-corrected chi connectivity index (χ4v) is 6.18. The van der Waals surface area contributed by atoms with Crippen LogP contribution >= 0.6 is 7.82 Å². The summed E-state index contributed by atoms with van der Waals surface area (Å²) in [5.74, 6) is -2.42. The number of allylic oxidation sites excluding steroid dienone is 10. The van der Waals surface area contributed by atoms with Gasteiger partial charge in [-0.05, 0) is 77.0 Å². The molecule has 0 fully saturated rings. The molecule has 0 aliphatic carbocycles. The van der Waals surface area contributed by atoms with Gasteiger partial charge in [0.2, 0.25) is 0 Å². The minimum atomic E-state index is -4.72. The maximum absolute atomic E-state index is 12.6. The molecule has 0 aromatic carbocycles. The zero-order valence-corrected chi connectivity index (χ0v) is 35.6. The average Bonchev–Trinajstić information content (AvgIpc) is 3.17. The van der Waals surface area contributed by atoms with Gasteiger partial charge in [0, 0.05) is 12.8 Å². The Morgan fingerprint density at radius 1 is 0.571 bits per heavy atom. The van der Waals surface area contributed by atoms with Crippen molar-refractivity contribution >= 4 is 25.7 Å². The van der Waals surface area contributed by atoms with E-state index in [4.69, 9.17) is 24.8 Å². The second-order valence-corrected chi connectivity index (χ2v) is 15.5. The summed E-state index contributed by atoms with van der Waals surface area (Å²) in [6, 6.07) is -1.53. The molecule has 0 saturated carbocycles. The molecular weight excluding hydrogens is 733 g/mol. The van der Waals surface area contributed by atoms with Crippen molar-refractivity contribution in [1.29, 1.82) is 0 Å². The second-order valence-electron chi connectivity index (χ2n) is 14.1. The number of esters is 2. The summed E-state index contributed by atoms with van der Waals surface area (Å²) in [4.78, 5) is 45.9. The standard InChI is InChI=1S/C44H76NO10P/c1-3-5-7-9-11-13-15-17-19-20-22-23-25-27-29-31-33-35-42(46)52-37-40(38-53-56(50,51)54-39-41(45)44(48)49)55-43(47)36-34-32-30-28-26-24-21-18-16-14-12-10-8-6-4-2/h6,8,11-14,17-19,21,40-41H,3-5,7,9-10,15-16,20,22-39,45H2,1-2H3,(H,48,49)(H,50,51)/b8-6-,13-11-,14-12-,19-17-,21-18-/t40-,41+/m1/s1. The largest absolute Gasteiger partial charge is 0.480 e. The maximum Gasteiger partial charge on any atom is 0.472 e. The highest BCUT2D eigenvalue weighted by Crippen LogP contribution is 2.43. The lowest BCUT2D eigenvalue weighted by molar-refractivity contribution is -0.161. The van der Waals surface area contributed by atoms with Gasteiger partial charge in [-0.15, -0.1) is 0 Å². The Morgan fingerprint density at radius 2 is 1.00 bits per heavy atom. The van der Waals surface area contributed by atoms with Crippen molar-refractivity contribution in [3.63, 3.8) is 0 Å². The molecule has 0 saturated heterocycles. The van der Waals surface area contributed by atoms with E-state index in [-0.39, 0.29) is 19.4 Å². The molecule has 0 aromatic rings. The average molecular weight is 810 g/mol. The van der Waals surface area contributed by atoms with Gasteiger partial charge in [0.25, 0.3) is 0 Å². The summed E-state index contributed by atoms with van der Waals surface area (Å²) in [6.07, 6.45) is 44.2. The zero-order chi connectivity index (χ0) is 41.4. The number of carbonyl (C=O) groups excluding carboxylic acids is 2. The van der Waals surface area contributed by atoms with Crippen LogP contribution in [0.25, 0.3) is 0 Å². The van der Waals surface area contributed by atoms with Crippen molar-refractivity contribution in [3.8, 4) is 0 Å². The molecule has 0 amide bonds. The third-order valence-corrected chi connectivity index (χ3v) is 9.70. The van der Waals surface area contributed by atoms with Crippen LogP contribution in [0.3, 0.4) is 0 Å². The first kappa shape index (κ1) is 53.2. The van der Waals surface area contributed by atoms with Crippen molar-refractivity contribution in [2.75, 3.05) is 19.8 Å². The van der Waals surface area contributed by atoms with E-state index >= 15 is 0 Å². The number of aliphatic carboxylic acids is 1. The monoisotopic (exact) mass is 810 g/mol. The number of hydrogen-bond donors (Lipinski definition) is 3. The van der Waals surface area contributed by atoms with Crippen LogP contribution in [0, 0.1) is 0 Å². The van der Waals surface area contributed by atoms with Crippen LogP contribution in [-0.4, -0.2) is 59.9 Å². The van der Waals surface area contributed by atoms with Crippen molar-refractivity contribution in [2.24, 2.45) is 5.73 Å². The van der Waals surface area contributed by atoms with Gasteiger partial charge in [0.05, 0.1) is 13.2 Å². The van der Waals surface area contributed by atoms with Gasteiger partial charge in [0.1, 0.15) is 12.6 Å². The van der Waals surface area contributed by atoms with Crippen molar-refractivity contribution in [2.45, 2.75) is 180 Å². The normalized spacial score (nSPS) is 14.4. The third-order valence-electron chi connectivity index (χ3n) is 8.75. The smallest absolute Gasteiger partial charge is 0.472 e. The molecule has 322 valence electrons. The Kier molecular flexibility index (Phi) is 37.1. The molecule has 0 bridgehead atoms. The van der Waals surface area contributed by atoms with E-state index in [1.54, 1.807) is 0 Å². The molecule has 12 heteroatoms. The molecular formula is C44H76NO10P. The number of nitrogens with two attached hydrogens (primary N) is 1. The summed E-state index contributed by atoms with van der Waals surface area (Å²) in [5, 5.41) is 8.88. The molecule has 0 spiro atoms. The highest BCUT2D eigenvalue weighted by molar-refractivity contribution is 7.47. The number of carbonyl (C=O) groups is 3. The third kappa shape index (κ3) is 38.1. The van der Waals surface area contributed by atoms with E-state index < -0.39 is 51.1 Å². The Labute approximate surface area is 338 Å². The summed E-state index contributed by atoms with van der Waals surface area (Å²) < 4.78 is 32.7. The van der Waals surface area contributed by atoms with Gasteiger partial charge in [-0.25, -0.2) is 4.57 Å². The molecule has 0 heterocycles. The number of phosphoric acid groups is 1. The fourth-order valence-electron chi connectivity index (χ4n) is 5.40. The number of phosphoric ester groups is 1. The minimum absolute atomic E-state index is 0.137. The molecule has 4 N–H and O–H groups in total. The molecule has 0 aromatic heterocycles. The van der Waals surface area contributed by atoms with Gasteiger partial charge in [0.15, 0.2) is 6.10 Å². The molecule has 0 aliphatic rings. The van der Waals surface area contributed by atoms with Crippen LogP contribution in [0.4, 0.5) is 0 Å². The summed E-state index contributed by atoms with van der Waals surface area (Å²) in [6.45, 7) is 2.63. The number of unbranched alkanes of at least 4 members (excludes halogenated alkanes) is 15. The zero-order valence-electron chi connectivity index (χ0n) is 34.7. The van der Waals surface area contributed by atoms with Gasteiger partial charge in [-0.3, -0.25) is 23.4 Å². The van der Waals surface area contributed by atoms with E-state index in [1.807, 2.05) is 0 Å². The van der Waals surface area contributed by atoms with Gasteiger partial charge < -0.3 is 25.2 Å².